The standard InChI is InChI=1S/C20H27N3O.C14H17NO.C7H14N2O2/c1-15(2)23-14-18(13-21-23)17-10-7-11-19(12-17)22(3)20(24)16-8-5-4-6-9-16;1-16-14-8-7-12(9-13(14)10-15)11-5-3-2-4-6-11;1-8-3-5-9(6-4-8)7(10)11-2/h7,10-16H,4-6,8-9H2,1-3H3;7-9,11H,2-6H2,1H3;3-6H2,1-2H3. The number of benzene rings is 2. The van der Waals surface area contributed by atoms with Gasteiger partial charge in [0.15, 0.2) is 0 Å². The van der Waals surface area contributed by atoms with E-state index >= 15 is 0 Å². The Kier molecular flexibility index (Phi) is 15.4. The van der Waals surface area contributed by atoms with Crippen molar-refractivity contribution in [1.29, 1.82) is 5.26 Å². The molecule has 51 heavy (non-hydrogen) atoms. The molecule has 3 fully saturated rings. The van der Waals surface area contributed by atoms with Crippen molar-refractivity contribution in [1.82, 2.24) is 19.6 Å². The summed E-state index contributed by atoms with van der Waals surface area (Å²) in [5.41, 5.74) is 5.11. The predicted octanol–water partition coefficient (Wildman–Crippen LogP) is 8.29. The molecule has 3 aliphatic rings. The molecule has 10 nitrogen and oxygen atoms in total. The third kappa shape index (κ3) is 11.3. The number of nitriles is 1. The zero-order chi connectivity index (χ0) is 36.8. The highest BCUT2D eigenvalue weighted by Gasteiger charge is 2.25. The highest BCUT2D eigenvalue weighted by atomic mass is 16.5. The molecular weight excluding hydrogens is 640 g/mol. The van der Waals surface area contributed by atoms with Crippen LogP contribution in [0, 0.1) is 17.2 Å². The maximum absolute atomic E-state index is 12.7. The van der Waals surface area contributed by atoms with E-state index in [1.165, 1.54) is 64.0 Å². The molecule has 0 atom stereocenters. The van der Waals surface area contributed by atoms with Crippen molar-refractivity contribution in [2.75, 3.05) is 59.4 Å². The molecule has 0 N–H and O–H groups in total. The molecule has 2 heterocycles. The fourth-order valence-corrected chi connectivity index (χ4v) is 7.04. The van der Waals surface area contributed by atoms with Crippen LogP contribution in [0.5, 0.6) is 5.75 Å². The third-order valence-electron chi connectivity index (χ3n) is 10.3. The summed E-state index contributed by atoms with van der Waals surface area (Å²) < 4.78 is 11.7. The van der Waals surface area contributed by atoms with Crippen LogP contribution >= 0.6 is 0 Å². The van der Waals surface area contributed by atoms with E-state index in [9.17, 15) is 9.59 Å². The molecule has 2 amide bonds. The van der Waals surface area contributed by atoms with Gasteiger partial charge in [-0.05, 0) is 87.9 Å². The summed E-state index contributed by atoms with van der Waals surface area (Å²) in [6.07, 6.45) is 15.9. The molecule has 2 aromatic carbocycles. The number of amides is 2. The van der Waals surface area contributed by atoms with Crippen LogP contribution < -0.4 is 9.64 Å². The van der Waals surface area contributed by atoms with Gasteiger partial charge >= 0.3 is 6.09 Å². The van der Waals surface area contributed by atoms with Gasteiger partial charge in [0.2, 0.25) is 5.91 Å². The van der Waals surface area contributed by atoms with Crippen molar-refractivity contribution in [3.8, 4) is 22.9 Å². The second-order valence-electron chi connectivity index (χ2n) is 14.3. The molecule has 2 saturated carbocycles. The number of carbonyl (C=O) groups excluding carboxylic acids is 2. The van der Waals surface area contributed by atoms with Crippen molar-refractivity contribution in [3.05, 3.63) is 66.0 Å². The van der Waals surface area contributed by atoms with Crippen molar-refractivity contribution in [3.63, 3.8) is 0 Å². The molecule has 10 heteroatoms. The van der Waals surface area contributed by atoms with Crippen LogP contribution in [-0.4, -0.2) is 86.1 Å². The smallest absolute Gasteiger partial charge is 0.409 e. The predicted molar refractivity (Wildman–Crippen MR) is 203 cm³/mol. The maximum Gasteiger partial charge on any atom is 0.409 e. The normalized spacial score (nSPS) is 16.9. The van der Waals surface area contributed by atoms with Crippen LogP contribution in [0.3, 0.4) is 0 Å². The minimum atomic E-state index is -0.210. The first-order valence-corrected chi connectivity index (χ1v) is 18.7. The zero-order valence-corrected chi connectivity index (χ0v) is 31.6. The van der Waals surface area contributed by atoms with Crippen molar-refractivity contribution >= 4 is 17.7 Å². The van der Waals surface area contributed by atoms with Gasteiger partial charge in [-0.2, -0.15) is 10.4 Å². The average Bonchev–Trinajstić information content (AvgIpc) is 3.70. The van der Waals surface area contributed by atoms with Gasteiger partial charge < -0.3 is 24.2 Å². The Balaban J connectivity index is 0.000000186. The first kappa shape index (κ1) is 39.4. The van der Waals surface area contributed by atoms with Crippen molar-refractivity contribution in [2.45, 2.75) is 90.0 Å². The largest absolute Gasteiger partial charge is 0.495 e. The number of aromatic nitrogens is 2. The molecule has 2 aliphatic carbocycles. The molecule has 1 aromatic heterocycles. The molecule has 3 aromatic rings. The molecule has 1 saturated heterocycles. The molecular formula is C41H58N6O4. The van der Waals surface area contributed by atoms with E-state index in [1.807, 2.05) is 47.1 Å². The quantitative estimate of drug-likeness (QED) is 0.255. The molecule has 0 radical (unpaired) electrons. The van der Waals surface area contributed by atoms with E-state index in [1.54, 1.807) is 12.0 Å². The minimum Gasteiger partial charge on any atom is -0.495 e. The summed E-state index contributed by atoms with van der Waals surface area (Å²) in [6, 6.07) is 16.8. The average molecular weight is 699 g/mol. The Morgan fingerprint density at radius 2 is 1.57 bits per heavy atom. The van der Waals surface area contributed by atoms with Gasteiger partial charge in [-0.15, -0.1) is 0 Å². The SMILES string of the molecule is CC(C)n1cc(-c2cccc(N(C)C(=O)C3CCCCC3)c2)cn1.COC(=O)N1CCN(C)CC1.COc1ccc(C2CCCCC2)cc1C#N. The first-order valence-electron chi connectivity index (χ1n) is 18.7. The molecule has 0 spiro atoms. The van der Waals surface area contributed by atoms with E-state index in [-0.39, 0.29) is 17.9 Å². The van der Waals surface area contributed by atoms with Crippen LogP contribution in [0.25, 0.3) is 11.1 Å². The summed E-state index contributed by atoms with van der Waals surface area (Å²) in [7, 11) is 6.97. The summed E-state index contributed by atoms with van der Waals surface area (Å²) in [4.78, 5) is 29.4. The molecule has 0 unspecified atom stereocenters. The monoisotopic (exact) mass is 698 g/mol. The van der Waals surface area contributed by atoms with Crippen LogP contribution in [0.1, 0.15) is 101 Å². The van der Waals surface area contributed by atoms with Gasteiger partial charge in [0, 0.05) is 62.6 Å². The molecule has 6 rings (SSSR count). The lowest BCUT2D eigenvalue weighted by atomic mass is 9.83. The molecule has 1 aliphatic heterocycles. The topological polar surface area (TPSA) is 104 Å². The summed E-state index contributed by atoms with van der Waals surface area (Å²) in [5.74, 6) is 1.77. The number of likely N-dealkylation sites (N-methyl/N-ethyl adjacent to an activating group) is 1. The van der Waals surface area contributed by atoms with E-state index in [4.69, 9.17) is 10.00 Å². The second kappa shape index (κ2) is 19.9. The Morgan fingerprint density at radius 1 is 0.902 bits per heavy atom. The molecule has 0 bridgehead atoms. The van der Waals surface area contributed by atoms with E-state index in [0.717, 1.165) is 55.8 Å². The van der Waals surface area contributed by atoms with E-state index in [0.29, 0.717) is 23.3 Å². The van der Waals surface area contributed by atoms with E-state index in [2.05, 4.69) is 66.1 Å². The van der Waals surface area contributed by atoms with Crippen LogP contribution in [-0.2, 0) is 9.53 Å². The summed E-state index contributed by atoms with van der Waals surface area (Å²) in [6.45, 7) is 7.67. The minimum absolute atomic E-state index is 0.191. The van der Waals surface area contributed by atoms with Crippen LogP contribution in [0.2, 0.25) is 0 Å². The fourth-order valence-electron chi connectivity index (χ4n) is 7.04. The van der Waals surface area contributed by atoms with Gasteiger partial charge in [-0.3, -0.25) is 9.48 Å². The van der Waals surface area contributed by atoms with Crippen molar-refractivity contribution < 1.29 is 19.1 Å². The third-order valence-corrected chi connectivity index (χ3v) is 10.3. The van der Waals surface area contributed by atoms with Gasteiger partial charge in [-0.1, -0.05) is 56.7 Å². The van der Waals surface area contributed by atoms with Crippen molar-refractivity contribution in [2.24, 2.45) is 5.92 Å². The lowest BCUT2D eigenvalue weighted by Crippen LogP contribution is -2.47. The summed E-state index contributed by atoms with van der Waals surface area (Å²) >= 11 is 0. The number of anilines is 1. The number of carbonyl (C=O) groups is 2. The van der Waals surface area contributed by atoms with E-state index < -0.39 is 0 Å². The maximum atomic E-state index is 12.7. The Labute approximate surface area is 305 Å². The number of ether oxygens (including phenoxy) is 2. The second-order valence-corrected chi connectivity index (χ2v) is 14.3. The highest BCUT2D eigenvalue weighted by Crippen LogP contribution is 2.34. The zero-order valence-electron chi connectivity index (χ0n) is 31.6. The number of rotatable bonds is 6. The molecule has 276 valence electrons. The van der Waals surface area contributed by atoms with Gasteiger partial charge in [0.25, 0.3) is 0 Å². The first-order chi connectivity index (χ1) is 24.6. The number of nitrogens with zero attached hydrogens (tertiary/aromatic N) is 6. The lowest BCUT2D eigenvalue weighted by Gasteiger charge is -2.31. The number of hydrogen-bond acceptors (Lipinski definition) is 7. The van der Waals surface area contributed by atoms with Crippen LogP contribution in [0.4, 0.5) is 10.5 Å². The Morgan fingerprint density at radius 3 is 2.16 bits per heavy atom. The highest BCUT2D eigenvalue weighted by molar-refractivity contribution is 5.95. The van der Waals surface area contributed by atoms with Gasteiger partial charge in [-0.25, -0.2) is 4.79 Å². The van der Waals surface area contributed by atoms with Gasteiger partial charge in [0.1, 0.15) is 11.8 Å². The number of piperazine rings is 1. The number of hydrogen-bond donors (Lipinski definition) is 0. The summed E-state index contributed by atoms with van der Waals surface area (Å²) in [5, 5.41) is 13.5. The van der Waals surface area contributed by atoms with Gasteiger partial charge in [0.05, 0.1) is 26.0 Å². The lowest BCUT2D eigenvalue weighted by molar-refractivity contribution is -0.123. The Bertz CT molecular complexity index is 1580. The Hall–Kier alpha value is -4.36. The number of methoxy groups -OCH3 is 2. The van der Waals surface area contributed by atoms with Crippen LogP contribution in [0.15, 0.2) is 54.9 Å². The fraction of sp³-hybridized carbons (Fsp3) is 0.561.